The summed E-state index contributed by atoms with van der Waals surface area (Å²) in [5.74, 6) is -0.108. The topological polar surface area (TPSA) is 32.9 Å². The predicted octanol–water partition coefficient (Wildman–Crippen LogP) is 5.47. The normalized spacial score (nSPS) is 10.9. The number of H-pyrrole nitrogens is 1. The van der Waals surface area contributed by atoms with Gasteiger partial charge in [-0.15, -0.1) is 0 Å². The van der Waals surface area contributed by atoms with Crippen LogP contribution >= 0.6 is 39.1 Å². The number of hydrogen-bond donors (Lipinski definition) is 1. The fourth-order valence-corrected chi connectivity index (χ4v) is 3.01. The van der Waals surface area contributed by atoms with Crippen molar-refractivity contribution in [3.8, 4) is 0 Å². The minimum absolute atomic E-state index is 0.108. The first-order valence-electron chi connectivity index (χ1n) is 5.82. The highest BCUT2D eigenvalue weighted by molar-refractivity contribution is 9.10. The molecule has 1 heterocycles. The van der Waals surface area contributed by atoms with Crippen LogP contribution in [-0.2, 0) is 0 Å². The van der Waals surface area contributed by atoms with Crippen molar-refractivity contribution in [2.45, 2.75) is 0 Å². The minimum atomic E-state index is -0.108. The molecule has 5 heteroatoms. The van der Waals surface area contributed by atoms with Crippen LogP contribution in [0, 0.1) is 0 Å². The van der Waals surface area contributed by atoms with Gasteiger partial charge < -0.3 is 4.98 Å². The van der Waals surface area contributed by atoms with Gasteiger partial charge >= 0.3 is 0 Å². The van der Waals surface area contributed by atoms with Crippen molar-refractivity contribution in [1.29, 1.82) is 0 Å². The molecule has 0 bridgehead atoms. The van der Waals surface area contributed by atoms with Crippen LogP contribution in [0.2, 0.25) is 10.0 Å². The van der Waals surface area contributed by atoms with E-state index in [9.17, 15) is 4.79 Å². The van der Waals surface area contributed by atoms with Gasteiger partial charge in [0.15, 0.2) is 5.78 Å². The van der Waals surface area contributed by atoms with Crippen molar-refractivity contribution in [1.82, 2.24) is 4.98 Å². The molecule has 0 aliphatic heterocycles. The van der Waals surface area contributed by atoms with Crippen LogP contribution in [0.1, 0.15) is 15.9 Å². The third kappa shape index (κ3) is 2.49. The lowest BCUT2D eigenvalue weighted by atomic mass is 10.0. The van der Waals surface area contributed by atoms with E-state index in [0.717, 1.165) is 15.4 Å². The second-order valence-electron chi connectivity index (χ2n) is 4.38. The van der Waals surface area contributed by atoms with Gasteiger partial charge in [-0.3, -0.25) is 4.79 Å². The molecule has 0 fully saturated rings. The molecule has 100 valence electrons. The molecule has 0 spiro atoms. The maximum atomic E-state index is 12.6. The summed E-state index contributed by atoms with van der Waals surface area (Å²) in [7, 11) is 0. The number of carbonyl (C=O) groups is 1. The van der Waals surface area contributed by atoms with E-state index in [2.05, 4.69) is 20.9 Å². The predicted molar refractivity (Wildman–Crippen MR) is 85.9 cm³/mol. The molecule has 0 aliphatic carbocycles. The van der Waals surface area contributed by atoms with Crippen molar-refractivity contribution in [3.63, 3.8) is 0 Å². The minimum Gasteiger partial charge on any atom is -0.360 e. The Bertz CT molecular complexity index is 806. The lowest BCUT2D eigenvalue weighted by Gasteiger charge is -2.02. The first kappa shape index (κ1) is 13.7. The first-order valence-corrected chi connectivity index (χ1v) is 7.37. The molecule has 0 saturated heterocycles. The molecule has 3 aromatic rings. The highest BCUT2D eigenvalue weighted by atomic mass is 79.9. The Kier molecular flexibility index (Phi) is 3.59. The van der Waals surface area contributed by atoms with E-state index in [1.807, 2.05) is 18.2 Å². The van der Waals surface area contributed by atoms with Crippen LogP contribution in [0.3, 0.4) is 0 Å². The van der Waals surface area contributed by atoms with Crippen molar-refractivity contribution in [2.75, 3.05) is 0 Å². The van der Waals surface area contributed by atoms with Gasteiger partial charge in [-0.1, -0.05) is 45.2 Å². The van der Waals surface area contributed by atoms with E-state index in [1.165, 1.54) is 0 Å². The average Bonchev–Trinajstić information content (AvgIpc) is 2.79. The molecule has 0 amide bonds. The Morgan fingerprint density at radius 1 is 1.05 bits per heavy atom. The molecule has 1 aromatic heterocycles. The third-order valence-corrected chi connectivity index (χ3v) is 3.94. The summed E-state index contributed by atoms with van der Waals surface area (Å²) in [4.78, 5) is 15.7. The first-order chi connectivity index (χ1) is 9.54. The largest absolute Gasteiger partial charge is 0.360 e. The average molecular weight is 369 g/mol. The number of nitrogens with one attached hydrogen (secondary N) is 1. The van der Waals surface area contributed by atoms with Crippen molar-refractivity contribution in [3.05, 3.63) is 68.2 Å². The molecule has 3 rings (SSSR count). The zero-order valence-corrected chi connectivity index (χ0v) is 13.2. The summed E-state index contributed by atoms with van der Waals surface area (Å²) < 4.78 is 0.955. The van der Waals surface area contributed by atoms with E-state index < -0.39 is 0 Å². The maximum Gasteiger partial charge on any atom is 0.195 e. The molecule has 0 unspecified atom stereocenters. The van der Waals surface area contributed by atoms with Crippen LogP contribution < -0.4 is 0 Å². The Labute approximate surface area is 133 Å². The van der Waals surface area contributed by atoms with Crippen molar-refractivity contribution < 1.29 is 4.79 Å². The van der Waals surface area contributed by atoms with Gasteiger partial charge in [0.25, 0.3) is 0 Å². The summed E-state index contributed by atoms with van der Waals surface area (Å²) in [5.41, 5.74) is 1.98. The molecule has 2 nitrogen and oxygen atoms in total. The summed E-state index contributed by atoms with van der Waals surface area (Å²) in [6.07, 6.45) is 1.70. The molecule has 1 N–H and O–H groups in total. The monoisotopic (exact) mass is 367 g/mol. The SMILES string of the molecule is O=C(c1cc(Cl)cc(Cl)c1)c1c[nH]c2cc(Br)ccc12. The lowest BCUT2D eigenvalue weighted by molar-refractivity contribution is 0.104. The Morgan fingerprint density at radius 3 is 2.45 bits per heavy atom. The number of aromatic amines is 1. The smallest absolute Gasteiger partial charge is 0.195 e. The fraction of sp³-hybridized carbons (Fsp3) is 0. The van der Waals surface area contributed by atoms with E-state index in [0.29, 0.717) is 21.2 Å². The van der Waals surface area contributed by atoms with Gasteiger partial charge in [0.05, 0.1) is 0 Å². The standard InChI is InChI=1S/C15H8BrCl2NO/c16-9-1-2-12-13(7-19-14(12)5-9)15(20)8-3-10(17)6-11(18)4-8/h1-7,19H. The third-order valence-electron chi connectivity index (χ3n) is 3.01. The van der Waals surface area contributed by atoms with E-state index in [1.54, 1.807) is 24.4 Å². The second kappa shape index (κ2) is 5.24. The van der Waals surface area contributed by atoms with Gasteiger partial charge in [0.2, 0.25) is 0 Å². The lowest BCUT2D eigenvalue weighted by Crippen LogP contribution is -2.00. The maximum absolute atomic E-state index is 12.6. The Morgan fingerprint density at radius 2 is 1.75 bits per heavy atom. The van der Waals surface area contributed by atoms with E-state index >= 15 is 0 Å². The summed E-state index contributed by atoms with van der Waals surface area (Å²) in [6, 6.07) is 10.6. The number of benzene rings is 2. The summed E-state index contributed by atoms with van der Waals surface area (Å²) in [6.45, 7) is 0. The molecule has 0 radical (unpaired) electrons. The highest BCUT2D eigenvalue weighted by Gasteiger charge is 2.15. The zero-order chi connectivity index (χ0) is 14.3. The highest BCUT2D eigenvalue weighted by Crippen LogP contribution is 2.26. The number of hydrogen-bond acceptors (Lipinski definition) is 1. The fourth-order valence-electron chi connectivity index (χ4n) is 2.13. The van der Waals surface area contributed by atoms with Crippen molar-refractivity contribution in [2.24, 2.45) is 0 Å². The van der Waals surface area contributed by atoms with E-state index in [4.69, 9.17) is 23.2 Å². The molecule has 0 atom stereocenters. The van der Waals surface area contributed by atoms with Crippen LogP contribution in [0.25, 0.3) is 10.9 Å². The molecular weight excluding hydrogens is 361 g/mol. The van der Waals surface area contributed by atoms with Gasteiger partial charge in [-0.05, 0) is 30.3 Å². The summed E-state index contributed by atoms with van der Waals surface area (Å²) in [5, 5.41) is 1.76. The number of halogens is 3. The quantitative estimate of drug-likeness (QED) is 0.598. The Balaban J connectivity index is 2.12. The van der Waals surface area contributed by atoms with Gasteiger partial charge in [0, 0.05) is 42.7 Å². The van der Waals surface area contributed by atoms with Gasteiger partial charge in [-0.25, -0.2) is 0 Å². The molecule has 0 saturated carbocycles. The van der Waals surface area contributed by atoms with E-state index in [-0.39, 0.29) is 5.78 Å². The van der Waals surface area contributed by atoms with Crippen LogP contribution in [-0.4, -0.2) is 10.8 Å². The molecule has 0 aliphatic rings. The van der Waals surface area contributed by atoms with Crippen LogP contribution in [0.15, 0.2) is 47.1 Å². The van der Waals surface area contributed by atoms with Crippen LogP contribution in [0.4, 0.5) is 0 Å². The second-order valence-corrected chi connectivity index (χ2v) is 6.17. The number of aromatic nitrogens is 1. The Hall–Kier alpha value is -1.29. The molecule has 20 heavy (non-hydrogen) atoms. The van der Waals surface area contributed by atoms with Gasteiger partial charge in [-0.2, -0.15) is 0 Å². The zero-order valence-electron chi connectivity index (χ0n) is 10.1. The molecular formula is C15H8BrCl2NO. The van der Waals surface area contributed by atoms with Gasteiger partial charge in [0.1, 0.15) is 0 Å². The van der Waals surface area contributed by atoms with Crippen LogP contribution in [0.5, 0.6) is 0 Å². The number of ketones is 1. The number of rotatable bonds is 2. The number of fused-ring (bicyclic) bond motifs is 1. The number of carbonyl (C=O) groups excluding carboxylic acids is 1. The molecule has 2 aromatic carbocycles. The van der Waals surface area contributed by atoms with Crippen molar-refractivity contribution >= 4 is 55.8 Å². The summed E-state index contributed by atoms with van der Waals surface area (Å²) >= 11 is 15.3.